The van der Waals surface area contributed by atoms with Gasteiger partial charge in [0.05, 0.1) is 0 Å². The minimum atomic E-state index is 0.408. The van der Waals surface area contributed by atoms with Crippen LogP contribution in [0.25, 0.3) is 11.3 Å². The topological polar surface area (TPSA) is 24.1 Å². The summed E-state index contributed by atoms with van der Waals surface area (Å²) in [6.45, 7) is 14.4. The lowest BCUT2D eigenvalue weighted by molar-refractivity contribution is 0.900. The summed E-state index contributed by atoms with van der Waals surface area (Å²) >= 11 is 0. The van der Waals surface area contributed by atoms with E-state index in [2.05, 4.69) is 68.0 Å². The first-order valence-electron chi connectivity index (χ1n) is 7.54. The summed E-state index contributed by atoms with van der Waals surface area (Å²) < 4.78 is 0. The molecule has 0 aromatic heterocycles. The highest BCUT2D eigenvalue weighted by Crippen LogP contribution is 2.22. The number of nitrogens with one attached hydrogen (secondary N) is 2. The van der Waals surface area contributed by atoms with Gasteiger partial charge in [-0.2, -0.15) is 0 Å². The largest absolute Gasteiger partial charge is 0.383 e. The van der Waals surface area contributed by atoms with Crippen molar-refractivity contribution in [1.82, 2.24) is 0 Å². The van der Waals surface area contributed by atoms with Crippen molar-refractivity contribution in [2.75, 3.05) is 10.6 Å². The lowest BCUT2D eigenvalue weighted by Crippen LogP contribution is -2.09. The van der Waals surface area contributed by atoms with Gasteiger partial charge in [-0.05, 0) is 56.2 Å². The van der Waals surface area contributed by atoms with Gasteiger partial charge in [-0.15, -0.1) is 0 Å². The molecule has 0 spiro atoms. The molecule has 2 aromatic carbocycles. The van der Waals surface area contributed by atoms with Crippen molar-refractivity contribution in [2.45, 2.75) is 26.8 Å². The highest BCUT2D eigenvalue weighted by atomic mass is 14.9. The summed E-state index contributed by atoms with van der Waals surface area (Å²) in [5, 5.41) is 6.77. The van der Waals surface area contributed by atoms with Gasteiger partial charge in [-0.3, -0.25) is 0 Å². The van der Waals surface area contributed by atoms with Gasteiger partial charge in [0.15, 0.2) is 0 Å². The Balaban J connectivity index is 2.15. The Morgan fingerprint density at radius 1 is 0.909 bits per heavy atom. The van der Waals surface area contributed by atoms with Gasteiger partial charge in [0.1, 0.15) is 0 Å². The van der Waals surface area contributed by atoms with Crippen LogP contribution in [0.3, 0.4) is 0 Å². The van der Waals surface area contributed by atoms with Crippen LogP contribution in [0.2, 0.25) is 0 Å². The van der Waals surface area contributed by atoms with Gasteiger partial charge in [-0.25, -0.2) is 0 Å². The number of rotatable bonds is 6. The zero-order valence-corrected chi connectivity index (χ0v) is 13.6. The molecule has 0 amide bonds. The van der Waals surface area contributed by atoms with Gasteiger partial charge < -0.3 is 10.6 Å². The van der Waals surface area contributed by atoms with E-state index in [1.54, 1.807) is 0 Å². The predicted octanol–water partition coefficient (Wildman–Crippen LogP) is 5.62. The van der Waals surface area contributed by atoms with Gasteiger partial charge in [-0.1, -0.05) is 43.0 Å². The fourth-order valence-electron chi connectivity index (χ4n) is 2.24. The molecule has 2 nitrogen and oxygen atoms in total. The molecule has 0 bridgehead atoms. The second kappa shape index (κ2) is 6.99. The smallest absolute Gasteiger partial charge is 0.0404 e. The van der Waals surface area contributed by atoms with E-state index in [1.807, 2.05) is 25.1 Å². The molecule has 0 saturated heterocycles. The summed E-state index contributed by atoms with van der Waals surface area (Å²) in [7, 11) is 0. The van der Waals surface area contributed by atoms with E-state index in [-0.39, 0.29) is 0 Å². The van der Waals surface area contributed by atoms with Crippen LogP contribution in [0.1, 0.15) is 31.9 Å². The predicted molar refractivity (Wildman–Crippen MR) is 99.0 cm³/mol. The Kier molecular flexibility index (Phi) is 5.05. The van der Waals surface area contributed by atoms with Crippen LogP contribution in [0.4, 0.5) is 11.4 Å². The van der Waals surface area contributed by atoms with Crippen LogP contribution >= 0.6 is 0 Å². The lowest BCUT2D eigenvalue weighted by atomic mass is 10.0. The number of hydrogen-bond donors (Lipinski definition) is 2. The Morgan fingerprint density at radius 3 is 2.23 bits per heavy atom. The van der Waals surface area contributed by atoms with Gasteiger partial charge in [0.2, 0.25) is 0 Å². The normalized spacial score (nSPS) is 10.4. The molecule has 0 saturated carbocycles. The maximum Gasteiger partial charge on any atom is 0.0404 e. The molecular weight excluding hydrogens is 268 g/mol. The lowest BCUT2D eigenvalue weighted by Gasteiger charge is -2.14. The first-order chi connectivity index (χ1) is 10.5. The molecule has 2 N–H and O–H groups in total. The van der Waals surface area contributed by atoms with E-state index < -0.39 is 0 Å². The van der Waals surface area contributed by atoms with E-state index in [9.17, 15) is 0 Å². The third kappa shape index (κ3) is 4.26. The molecule has 2 rings (SSSR count). The summed E-state index contributed by atoms with van der Waals surface area (Å²) in [5.74, 6) is 0. The van der Waals surface area contributed by atoms with Crippen LogP contribution in [0, 0.1) is 0 Å². The van der Waals surface area contributed by atoms with Crippen molar-refractivity contribution < 1.29 is 0 Å². The Hall–Kier alpha value is -2.48. The number of benzene rings is 2. The van der Waals surface area contributed by atoms with Crippen LogP contribution < -0.4 is 10.6 Å². The van der Waals surface area contributed by atoms with Crippen molar-refractivity contribution in [2.24, 2.45) is 0 Å². The van der Waals surface area contributed by atoms with Crippen molar-refractivity contribution in [1.29, 1.82) is 0 Å². The number of hydrogen-bond acceptors (Lipinski definition) is 2. The first-order valence-corrected chi connectivity index (χ1v) is 7.54. The monoisotopic (exact) mass is 292 g/mol. The molecule has 2 heteroatoms. The van der Waals surface area contributed by atoms with Crippen molar-refractivity contribution >= 4 is 22.6 Å². The fourth-order valence-corrected chi connectivity index (χ4v) is 2.24. The molecule has 0 radical (unpaired) electrons. The molecule has 0 aliphatic heterocycles. The van der Waals surface area contributed by atoms with E-state index in [4.69, 9.17) is 0 Å². The number of allylic oxidation sites excluding steroid dienone is 1. The summed E-state index contributed by atoms with van der Waals surface area (Å²) in [6, 6.07) is 16.9. The first kappa shape index (κ1) is 15.9. The quantitative estimate of drug-likeness (QED) is 0.721. The van der Waals surface area contributed by atoms with Crippen molar-refractivity contribution in [3.8, 4) is 0 Å². The zero-order chi connectivity index (χ0) is 16.1. The van der Waals surface area contributed by atoms with Gasteiger partial charge in [0, 0.05) is 23.1 Å². The molecule has 0 aliphatic rings. The molecular formula is C20H24N2. The second-order valence-electron chi connectivity index (χ2n) is 5.84. The molecule has 0 aliphatic carbocycles. The standard InChI is InChI=1S/C20H24N2/c1-14(2)17-8-6-9-18(12-17)16(5)22-20-11-7-10-19(13-20)21-15(3)4/h6-13,15,21-22H,1,5H2,2-4H3. The maximum atomic E-state index is 4.15. The van der Waals surface area contributed by atoms with Crippen LogP contribution in [0.5, 0.6) is 0 Å². The molecule has 0 fully saturated rings. The molecule has 0 heterocycles. The average molecular weight is 292 g/mol. The van der Waals surface area contributed by atoms with E-state index >= 15 is 0 Å². The summed E-state index contributed by atoms with van der Waals surface area (Å²) in [5.41, 5.74) is 6.26. The van der Waals surface area contributed by atoms with E-state index in [0.717, 1.165) is 33.8 Å². The minimum Gasteiger partial charge on any atom is -0.383 e. The van der Waals surface area contributed by atoms with Gasteiger partial charge >= 0.3 is 0 Å². The third-order valence-corrected chi connectivity index (χ3v) is 3.32. The van der Waals surface area contributed by atoms with Crippen LogP contribution in [-0.2, 0) is 0 Å². The van der Waals surface area contributed by atoms with E-state index in [0.29, 0.717) is 6.04 Å². The highest BCUT2D eigenvalue weighted by molar-refractivity contribution is 5.78. The zero-order valence-electron chi connectivity index (χ0n) is 13.6. The Labute approximate surface area is 133 Å². The Bertz CT molecular complexity index is 684. The molecule has 0 atom stereocenters. The van der Waals surface area contributed by atoms with Gasteiger partial charge in [0.25, 0.3) is 0 Å². The number of anilines is 2. The SMILES string of the molecule is C=C(C)c1cccc(C(=C)Nc2cccc(NC(C)C)c2)c1. The van der Waals surface area contributed by atoms with E-state index in [1.165, 1.54) is 0 Å². The van der Waals surface area contributed by atoms with Crippen LogP contribution in [0.15, 0.2) is 61.7 Å². The third-order valence-electron chi connectivity index (χ3n) is 3.32. The molecule has 114 valence electrons. The summed E-state index contributed by atoms with van der Waals surface area (Å²) in [6.07, 6.45) is 0. The average Bonchev–Trinajstić information content (AvgIpc) is 2.47. The summed E-state index contributed by atoms with van der Waals surface area (Å²) in [4.78, 5) is 0. The van der Waals surface area contributed by atoms with Crippen molar-refractivity contribution in [3.63, 3.8) is 0 Å². The molecule has 0 unspecified atom stereocenters. The molecule has 22 heavy (non-hydrogen) atoms. The second-order valence-corrected chi connectivity index (χ2v) is 5.84. The molecule has 2 aromatic rings. The Morgan fingerprint density at radius 2 is 1.55 bits per heavy atom. The highest BCUT2D eigenvalue weighted by Gasteiger charge is 2.03. The van der Waals surface area contributed by atoms with Crippen LogP contribution in [-0.4, -0.2) is 6.04 Å². The fraction of sp³-hybridized carbons (Fsp3) is 0.200. The minimum absolute atomic E-state index is 0.408. The van der Waals surface area contributed by atoms with Crippen molar-refractivity contribution in [3.05, 3.63) is 72.8 Å². The maximum absolute atomic E-state index is 4.15.